The summed E-state index contributed by atoms with van der Waals surface area (Å²) >= 11 is 1.18. The summed E-state index contributed by atoms with van der Waals surface area (Å²) in [7, 11) is 0. The van der Waals surface area contributed by atoms with Crippen LogP contribution in [0.2, 0.25) is 0 Å². The second-order valence-electron chi connectivity index (χ2n) is 4.96. The highest BCUT2D eigenvalue weighted by molar-refractivity contribution is 7.18. The third-order valence-electron chi connectivity index (χ3n) is 3.36. The zero-order valence-corrected chi connectivity index (χ0v) is 12.8. The Hall–Kier alpha value is -2.68. The van der Waals surface area contributed by atoms with Crippen LogP contribution in [-0.4, -0.2) is 15.5 Å². The molecule has 2 aromatic heterocycles. The first-order valence-electron chi connectivity index (χ1n) is 6.72. The summed E-state index contributed by atoms with van der Waals surface area (Å²) in [5.41, 5.74) is 2.94. The molecule has 0 spiro atoms. The molecule has 0 saturated carbocycles. The molecule has 9 heteroatoms. The van der Waals surface area contributed by atoms with E-state index in [9.17, 15) is 22.8 Å². The number of alkyl halides is 3. The fraction of sp³-hybridized carbons (Fsp3) is 0.133. The van der Waals surface area contributed by atoms with E-state index in [1.165, 1.54) is 11.3 Å². The average Bonchev–Trinajstić information content (AvgIpc) is 2.90. The Kier molecular flexibility index (Phi) is 3.88. The molecule has 0 radical (unpaired) electrons. The van der Waals surface area contributed by atoms with Gasteiger partial charge in [0.1, 0.15) is 16.3 Å². The lowest BCUT2D eigenvalue weighted by Crippen LogP contribution is -2.34. The van der Waals surface area contributed by atoms with E-state index in [1.54, 1.807) is 24.3 Å². The summed E-state index contributed by atoms with van der Waals surface area (Å²) in [5, 5.41) is 0.324. The normalized spacial score (nSPS) is 11.8. The zero-order valence-electron chi connectivity index (χ0n) is 12.0. The molecule has 2 N–H and O–H groups in total. The van der Waals surface area contributed by atoms with E-state index in [-0.39, 0.29) is 0 Å². The summed E-state index contributed by atoms with van der Waals surface area (Å²) in [6, 6.07) is 8.52. The van der Waals surface area contributed by atoms with Crippen LogP contribution in [0.15, 0.2) is 41.2 Å². The third-order valence-corrected chi connectivity index (χ3v) is 4.38. The van der Waals surface area contributed by atoms with Crippen molar-refractivity contribution in [3.63, 3.8) is 0 Å². The quantitative estimate of drug-likeness (QED) is 0.786. The van der Waals surface area contributed by atoms with Crippen molar-refractivity contribution in [3.05, 3.63) is 63.0 Å². The molecule has 3 aromatic rings. The van der Waals surface area contributed by atoms with Crippen molar-refractivity contribution in [1.82, 2.24) is 9.55 Å². The van der Waals surface area contributed by atoms with Gasteiger partial charge in [-0.1, -0.05) is 12.1 Å². The number of amides is 1. The molecule has 1 amide bonds. The second kappa shape index (κ2) is 5.75. The molecule has 0 bridgehead atoms. The predicted octanol–water partition coefficient (Wildman–Crippen LogP) is 2.62. The van der Waals surface area contributed by atoms with Gasteiger partial charge in [-0.3, -0.25) is 14.2 Å². The highest BCUT2D eigenvalue weighted by Gasteiger charge is 2.35. The van der Waals surface area contributed by atoms with Crippen molar-refractivity contribution in [2.24, 2.45) is 5.73 Å². The van der Waals surface area contributed by atoms with Gasteiger partial charge in [0.2, 0.25) is 0 Å². The van der Waals surface area contributed by atoms with Gasteiger partial charge >= 0.3 is 6.18 Å². The molecular formula is C15H10F3N3O2S. The largest absolute Gasteiger partial charge is 0.431 e. The zero-order chi connectivity index (χ0) is 17.5. The van der Waals surface area contributed by atoms with Crippen LogP contribution in [0.3, 0.4) is 0 Å². The Morgan fingerprint density at radius 2 is 1.92 bits per heavy atom. The molecule has 0 aliphatic heterocycles. The van der Waals surface area contributed by atoms with Crippen molar-refractivity contribution in [2.45, 2.75) is 12.7 Å². The summed E-state index contributed by atoms with van der Waals surface area (Å²) in [4.78, 5) is 27.7. The topological polar surface area (TPSA) is 78.0 Å². The van der Waals surface area contributed by atoms with Crippen molar-refractivity contribution in [3.8, 4) is 0 Å². The van der Waals surface area contributed by atoms with Crippen molar-refractivity contribution >= 4 is 27.5 Å². The summed E-state index contributed by atoms with van der Waals surface area (Å²) in [6.45, 7) is -0.395. The lowest BCUT2D eigenvalue weighted by atomic mass is 10.2. The summed E-state index contributed by atoms with van der Waals surface area (Å²) in [5.74, 6) is -1.08. The van der Waals surface area contributed by atoms with E-state index in [0.717, 1.165) is 10.8 Å². The van der Waals surface area contributed by atoms with Gasteiger partial charge in [0.05, 0.1) is 16.8 Å². The lowest BCUT2D eigenvalue weighted by Gasteiger charge is -2.15. The van der Waals surface area contributed by atoms with Gasteiger partial charge in [0, 0.05) is 0 Å². The molecule has 0 atom stereocenters. The fourth-order valence-corrected chi connectivity index (χ4v) is 3.25. The highest BCUT2D eigenvalue weighted by Crippen LogP contribution is 2.30. The summed E-state index contributed by atoms with van der Waals surface area (Å²) in [6.07, 6.45) is -4.74. The molecule has 2 heterocycles. The maximum Gasteiger partial charge on any atom is 0.431 e. The Balaban J connectivity index is 2.15. The standard InChI is InChI=1S/C15H10F3N3O2S/c16-15(17,18)11-6-5-8(13(19)22)14(23)21(11)7-12-20-9-3-1-2-4-10(9)24-12/h1-6H,7H2,(H2,19,22). The number of para-hydroxylation sites is 1. The number of nitrogens with zero attached hydrogens (tertiary/aromatic N) is 2. The van der Waals surface area contributed by atoms with Crippen molar-refractivity contribution in [2.75, 3.05) is 0 Å². The number of pyridine rings is 1. The van der Waals surface area contributed by atoms with Crippen LogP contribution in [0.25, 0.3) is 10.2 Å². The Morgan fingerprint density at radius 1 is 1.21 bits per heavy atom. The number of primary amides is 1. The minimum absolute atomic E-state index is 0.324. The van der Waals surface area contributed by atoms with Gasteiger partial charge in [-0.2, -0.15) is 13.2 Å². The molecule has 5 nitrogen and oxygen atoms in total. The average molecular weight is 353 g/mol. The van der Waals surface area contributed by atoms with E-state index in [4.69, 9.17) is 5.73 Å². The molecule has 124 valence electrons. The van der Waals surface area contributed by atoms with Crippen LogP contribution in [0.1, 0.15) is 21.1 Å². The predicted molar refractivity (Wildman–Crippen MR) is 82.9 cm³/mol. The number of fused-ring (bicyclic) bond motifs is 1. The van der Waals surface area contributed by atoms with Gasteiger partial charge in [-0.25, -0.2) is 4.98 Å². The number of halogens is 3. The second-order valence-corrected chi connectivity index (χ2v) is 6.08. The van der Waals surface area contributed by atoms with Gasteiger partial charge in [0.25, 0.3) is 11.5 Å². The highest BCUT2D eigenvalue weighted by atomic mass is 32.1. The molecule has 1 aromatic carbocycles. The SMILES string of the molecule is NC(=O)c1ccc(C(F)(F)F)n(Cc2nc3ccccc3s2)c1=O. The van der Waals surface area contributed by atoms with E-state index < -0.39 is 35.4 Å². The molecule has 3 rings (SSSR count). The monoisotopic (exact) mass is 353 g/mol. The lowest BCUT2D eigenvalue weighted by molar-refractivity contribution is -0.144. The molecule has 24 heavy (non-hydrogen) atoms. The van der Waals surface area contributed by atoms with Crippen LogP contribution in [-0.2, 0) is 12.7 Å². The van der Waals surface area contributed by atoms with Gasteiger partial charge in [0.15, 0.2) is 0 Å². The number of benzene rings is 1. The Labute approximate surface area is 137 Å². The number of aromatic nitrogens is 2. The first kappa shape index (κ1) is 16.2. The van der Waals surface area contributed by atoms with Crippen LogP contribution in [0.5, 0.6) is 0 Å². The van der Waals surface area contributed by atoms with Crippen LogP contribution < -0.4 is 11.3 Å². The molecule has 0 aliphatic carbocycles. The van der Waals surface area contributed by atoms with Crippen LogP contribution >= 0.6 is 11.3 Å². The minimum Gasteiger partial charge on any atom is -0.365 e. The minimum atomic E-state index is -4.74. The molecule has 0 unspecified atom stereocenters. The molecule has 0 saturated heterocycles. The summed E-state index contributed by atoms with van der Waals surface area (Å²) < 4.78 is 40.8. The third kappa shape index (κ3) is 2.90. The Bertz CT molecular complexity index is 959. The van der Waals surface area contributed by atoms with Gasteiger partial charge in [-0.05, 0) is 24.3 Å². The van der Waals surface area contributed by atoms with Crippen LogP contribution in [0, 0.1) is 0 Å². The number of hydrogen-bond acceptors (Lipinski definition) is 4. The van der Waals surface area contributed by atoms with E-state index in [1.807, 2.05) is 0 Å². The Morgan fingerprint density at radius 3 is 2.54 bits per heavy atom. The van der Waals surface area contributed by atoms with E-state index in [0.29, 0.717) is 21.2 Å². The smallest absolute Gasteiger partial charge is 0.365 e. The van der Waals surface area contributed by atoms with Gasteiger partial charge < -0.3 is 5.73 Å². The number of thiazole rings is 1. The molecule has 0 fully saturated rings. The number of rotatable bonds is 3. The molecular weight excluding hydrogens is 343 g/mol. The number of nitrogens with two attached hydrogens (primary N) is 1. The van der Waals surface area contributed by atoms with Crippen LogP contribution in [0.4, 0.5) is 13.2 Å². The number of carbonyl (C=O) groups is 1. The first-order valence-corrected chi connectivity index (χ1v) is 7.54. The first-order chi connectivity index (χ1) is 11.3. The van der Waals surface area contributed by atoms with Crippen molar-refractivity contribution in [1.29, 1.82) is 0 Å². The van der Waals surface area contributed by atoms with Crippen molar-refractivity contribution < 1.29 is 18.0 Å². The fourth-order valence-electron chi connectivity index (χ4n) is 2.29. The maximum atomic E-state index is 13.2. The molecule has 0 aliphatic rings. The number of carbonyl (C=O) groups excluding carboxylic acids is 1. The van der Waals surface area contributed by atoms with E-state index >= 15 is 0 Å². The van der Waals surface area contributed by atoms with Gasteiger partial charge in [-0.15, -0.1) is 11.3 Å². The maximum absolute atomic E-state index is 13.2. The van der Waals surface area contributed by atoms with E-state index in [2.05, 4.69) is 4.98 Å². The number of hydrogen-bond donors (Lipinski definition) is 1.